The zero-order valence-corrected chi connectivity index (χ0v) is 18.1. The fourth-order valence-electron chi connectivity index (χ4n) is 3.94. The van der Waals surface area contributed by atoms with E-state index < -0.39 is 5.79 Å². The van der Waals surface area contributed by atoms with Gasteiger partial charge in [0.25, 0.3) is 0 Å². The number of fused-ring (bicyclic) bond motifs is 5. The van der Waals surface area contributed by atoms with Crippen LogP contribution in [-0.4, -0.2) is 34.6 Å². The molecule has 0 bridgehead atoms. The maximum atomic E-state index is 6.28. The van der Waals surface area contributed by atoms with Gasteiger partial charge in [-0.3, -0.25) is 0 Å². The van der Waals surface area contributed by atoms with Crippen molar-refractivity contribution in [3.63, 3.8) is 0 Å². The predicted molar refractivity (Wildman–Crippen MR) is 112 cm³/mol. The van der Waals surface area contributed by atoms with Crippen LogP contribution in [0.25, 0.3) is 17.0 Å². The number of rotatable bonds is 3. The first-order valence-corrected chi connectivity index (χ1v) is 10.9. The summed E-state index contributed by atoms with van der Waals surface area (Å²) in [5, 5.41) is 0. The Kier molecular flexibility index (Phi) is 4.57. The van der Waals surface area contributed by atoms with Crippen LogP contribution < -0.4 is 9.30 Å². The Morgan fingerprint density at radius 3 is 2.79 bits per heavy atom. The molecule has 0 amide bonds. The fraction of sp³-hybridized carbons (Fsp3) is 0.455. The lowest BCUT2D eigenvalue weighted by Crippen LogP contribution is -2.42. The van der Waals surface area contributed by atoms with Crippen molar-refractivity contribution in [2.24, 2.45) is 5.92 Å². The number of ether oxygens (including phenoxy) is 3. The third-order valence-electron chi connectivity index (χ3n) is 5.59. The Bertz CT molecular complexity index is 1080. The van der Waals surface area contributed by atoms with E-state index in [1.165, 1.54) is 11.3 Å². The SMILES string of the molecule is Cc1c[n+]2c(c(C)c1OCC1COC(C)(C)OC1)CSn1c-2nc2ccccc21. The van der Waals surface area contributed by atoms with Gasteiger partial charge in [0.1, 0.15) is 11.4 Å². The van der Waals surface area contributed by atoms with Gasteiger partial charge in [-0.05, 0) is 39.8 Å². The molecular formula is C22H26N3O3S+. The van der Waals surface area contributed by atoms with Crippen LogP contribution in [0, 0.1) is 19.8 Å². The van der Waals surface area contributed by atoms with E-state index in [4.69, 9.17) is 19.2 Å². The molecule has 2 aliphatic heterocycles. The molecule has 0 spiro atoms. The summed E-state index contributed by atoms with van der Waals surface area (Å²) in [4.78, 5) is 4.87. The van der Waals surface area contributed by atoms with E-state index in [0.29, 0.717) is 19.8 Å². The Morgan fingerprint density at radius 1 is 1.24 bits per heavy atom. The van der Waals surface area contributed by atoms with E-state index in [0.717, 1.165) is 34.0 Å². The van der Waals surface area contributed by atoms with Crippen LogP contribution in [0.15, 0.2) is 30.5 Å². The lowest BCUT2D eigenvalue weighted by molar-refractivity contribution is -0.613. The molecule has 152 valence electrons. The van der Waals surface area contributed by atoms with Gasteiger partial charge in [0.2, 0.25) is 0 Å². The maximum absolute atomic E-state index is 6.28. The number of para-hydroxylation sites is 2. The molecule has 7 heteroatoms. The molecule has 0 unspecified atom stereocenters. The normalized spacial score (nSPS) is 18.5. The number of aryl methyl sites for hydroxylation is 1. The largest absolute Gasteiger partial charge is 0.492 e. The lowest BCUT2D eigenvalue weighted by atomic mass is 10.1. The molecule has 0 aliphatic carbocycles. The molecule has 0 atom stereocenters. The minimum Gasteiger partial charge on any atom is -0.492 e. The summed E-state index contributed by atoms with van der Waals surface area (Å²) in [6, 6.07) is 8.28. The molecule has 1 aromatic carbocycles. The summed E-state index contributed by atoms with van der Waals surface area (Å²) in [5.41, 5.74) is 5.69. The molecule has 1 saturated heterocycles. The third-order valence-corrected chi connectivity index (χ3v) is 6.61. The first kappa shape index (κ1) is 18.9. The Labute approximate surface area is 174 Å². The summed E-state index contributed by atoms with van der Waals surface area (Å²) in [6.07, 6.45) is 2.14. The monoisotopic (exact) mass is 412 g/mol. The number of aromatic nitrogens is 3. The maximum Gasteiger partial charge on any atom is 0.415 e. The van der Waals surface area contributed by atoms with Crippen molar-refractivity contribution in [1.29, 1.82) is 0 Å². The summed E-state index contributed by atoms with van der Waals surface area (Å²) in [5.74, 6) is 2.54. The van der Waals surface area contributed by atoms with Gasteiger partial charge in [-0.1, -0.05) is 17.1 Å². The molecule has 3 aromatic rings. The van der Waals surface area contributed by atoms with Crippen molar-refractivity contribution in [3.8, 4) is 11.7 Å². The average Bonchev–Trinajstić information content (AvgIpc) is 3.08. The number of pyridine rings is 1. The van der Waals surface area contributed by atoms with Crippen LogP contribution in [0.3, 0.4) is 0 Å². The second-order valence-electron chi connectivity index (χ2n) is 8.25. The highest BCUT2D eigenvalue weighted by atomic mass is 32.2. The molecule has 0 saturated carbocycles. The third kappa shape index (κ3) is 3.31. The fourth-order valence-corrected chi connectivity index (χ4v) is 5.08. The summed E-state index contributed by atoms with van der Waals surface area (Å²) >= 11 is 1.78. The molecule has 0 radical (unpaired) electrons. The predicted octanol–water partition coefficient (Wildman–Crippen LogP) is 3.72. The highest BCUT2D eigenvalue weighted by molar-refractivity contribution is 7.97. The van der Waals surface area contributed by atoms with Crippen LogP contribution in [0.5, 0.6) is 5.75 Å². The smallest absolute Gasteiger partial charge is 0.415 e. The first-order chi connectivity index (χ1) is 13.9. The zero-order chi connectivity index (χ0) is 20.2. The van der Waals surface area contributed by atoms with Gasteiger partial charge in [0.15, 0.2) is 16.8 Å². The highest BCUT2D eigenvalue weighted by Gasteiger charge is 2.32. The van der Waals surface area contributed by atoms with E-state index in [9.17, 15) is 0 Å². The van der Waals surface area contributed by atoms with Crippen molar-refractivity contribution in [2.45, 2.75) is 39.2 Å². The lowest BCUT2D eigenvalue weighted by Gasteiger charge is -2.35. The summed E-state index contributed by atoms with van der Waals surface area (Å²) in [7, 11) is 0. The number of benzene rings is 1. The molecule has 0 N–H and O–H groups in total. The second-order valence-corrected chi connectivity index (χ2v) is 9.16. The quantitative estimate of drug-likeness (QED) is 0.614. The minimum absolute atomic E-state index is 0.240. The van der Waals surface area contributed by atoms with Crippen LogP contribution in [0.4, 0.5) is 0 Å². The second kappa shape index (κ2) is 7.00. The molecule has 29 heavy (non-hydrogen) atoms. The van der Waals surface area contributed by atoms with Crippen molar-refractivity contribution in [3.05, 3.63) is 47.3 Å². The molecular weight excluding hydrogens is 386 g/mol. The van der Waals surface area contributed by atoms with Gasteiger partial charge in [0.05, 0.1) is 31.8 Å². The van der Waals surface area contributed by atoms with Gasteiger partial charge >= 0.3 is 5.95 Å². The summed E-state index contributed by atoms with van der Waals surface area (Å²) in [6.45, 7) is 10.0. The molecule has 2 aliphatic rings. The Balaban J connectivity index is 1.44. The topological polar surface area (TPSA) is 49.4 Å². The van der Waals surface area contributed by atoms with E-state index in [-0.39, 0.29) is 5.92 Å². The van der Waals surface area contributed by atoms with Crippen molar-refractivity contribution in [2.75, 3.05) is 19.8 Å². The first-order valence-electron chi connectivity index (χ1n) is 9.99. The van der Waals surface area contributed by atoms with Gasteiger partial charge in [-0.2, -0.15) is 3.97 Å². The van der Waals surface area contributed by atoms with Crippen LogP contribution >= 0.6 is 11.9 Å². The van der Waals surface area contributed by atoms with Crippen molar-refractivity contribution < 1.29 is 18.8 Å². The molecule has 2 aromatic heterocycles. The van der Waals surface area contributed by atoms with Gasteiger partial charge in [0, 0.05) is 29.0 Å². The molecule has 6 nitrogen and oxygen atoms in total. The number of imidazole rings is 1. The Hall–Kier alpha value is -2.09. The van der Waals surface area contributed by atoms with Crippen LogP contribution in [0.1, 0.15) is 30.7 Å². The number of hydrogen-bond donors (Lipinski definition) is 0. The number of nitrogens with zero attached hydrogens (tertiary/aromatic N) is 3. The molecule has 5 rings (SSSR count). The van der Waals surface area contributed by atoms with Crippen molar-refractivity contribution in [1.82, 2.24) is 8.96 Å². The van der Waals surface area contributed by atoms with E-state index in [1.54, 1.807) is 11.9 Å². The van der Waals surface area contributed by atoms with Gasteiger partial charge in [-0.15, -0.1) is 0 Å². The van der Waals surface area contributed by atoms with Crippen molar-refractivity contribution >= 4 is 23.0 Å². The Morgan fingerprint density at radius 2 is 2.00 bits per heavy atom. The van der Waals surface area contributed by atoms with Crippen LogP contribution in [-0.2, 0) is 15.2 Å². The van der Waals surface area contributed by atoms with E-state index in [2.05, 4.69) is 46.8 Å². The van der Waals surface area contributed by atoms with E-state index in [1.807, 2.05) is 19.9 Å². The van der Waals surface area contributed by atoms with E-state index >= 15 is 0 Å². The zero-order valence-electron chi connectivity index (χ0n) is 17.3. The van der Waals surface area contributed by atoms with Gasteiger partial charge < -0.3 is 14.2 Å². The average molecular weight is 413 g/mol. The highest BCUT2D eigenvalue weighted by Crippen LogP contribution is 2.33. The molecule has 4 heterocycles. The minimum atomic E-state index is -0.493. The van der Waals surface area contributed by atoms with Gasteiger partial charge in [-0.25, -0.2) is 4.57 Å². The standard InChI is InChI=1S/C22H26N3O3S/c1-14-9-24-19(13-29-25-18-8-6-5-7-17(18)23-21(24)25)15(2)20(14)26-10-16-11-27-22(3,4)28-12-16/h5-9,16H,10-13H2,1-4H3/q+1. The number of hydrogen-bond acceptors (Lipinski definition) is 5. The van der Waals surface area contributed by atoms with Crippen LogP contribution in [0.2, 0.25) is 0 Å². The summed E-state index contributed by atoms with van der Waals surface area (Å²) < 4.78 is 22.2. The molecule has 1 fully saturated rings.